The molecule has 6 nitrogen and oxygen atoms in total. The molecule has 0 aromatic carbocycles. The number of piperazine rings is 1. The van der Waals surface area contributed by atoms with Gasteiger partial charge in [0.1, 0.15) is 16.4 Å². The predicted molar refractivity (Wildman–Crippen MR) is 85.8 cm³/mol. The zero-order valence-electron chi connectivity index (χ0n) is 12.7. The van der Waals surface area contributed by atoms with Gasteiger partial charge in [0.15, 0.2) is 0 Å². The van der Waals surface area contributed by atoms with Gasteiger partial charge in [0, 0.05) is 38.4 Å². The van der Waals surface area contributed by atoms with Crippen LogP contribution in [0, 0.1) is 6.92 Å². The molecule has 0 N–H and O–H groups in total. The molecule has 116 valence electrons. The molecule has 0 radical (unpaired) electrons. The molecule has 1 fully saturated rings. The van der Waals surface area contributed by atoms with E-state index in [-0.39, 0.29) is 5.91 Å². The molecular formula is C15H18N4O2S. The van der Waals surface area contributed by atoms with Crippen LogP contribution in [0.5, 0.6) is 5.75 Å². The molecule has 0 saturated carbocycles. The number of hydrogen-bond acceptors (Lipinski definition) is 6. The molecule has 0 aliphatic carbocycles. The third kappa shape index (κ3) is 2.89. The molecular weight excluding hydrogens is 300 g/mol. The minimum Gasteiger partial charge on any atom is -0.497 e. The average Bonchev–Trinajstić information content (AvgIpc) is 3.00. The number of carbonyl (C=O) groups excluding carboxylic acids is 1. The topological polar surface area (TPSA) is 58.6 Å². The van der Waals surface area contributed by atoms with Crippen molar-refractivity contribution >= 4 is 23.1 Å². The first-order chi connectivity index (χ1) is 10.7. The molecule has 2 aromatic rings. The second-order valence-corrected chi connectivity index (χ2v) is 5.95. The van der Waals surface area contributed by atoms with Crippen molar-refractivity contribution in [3.8, 4) is 5.75 Å². The fourth-order valence-electron chi connectivity index (χ4n) is 2.49. The van der Waals surface area contributed by atoms with Crippen LogP contribution in [-0.2, 0) is 0 Å². The van der Waals surface area contributed by atoms with Crippen LogP contribution < -0.4 is 9.64 Å². The van der Waals surface area contributed by atoms with E-state index >= 15 is 0 Å². The average molecular weight is 318 g/mol. The van der Waals surface area contributed by atoms with Crippen LogP contribution in [0.25, 0.3) is 0 Å². The number of methoxy groups -OCH3 is 1. The summed E-state index contributed by atoms with van der Waals surface area (Å²) in [6.07, 6.45) is 1.74. The number of carbonyl (C=O) groups is 1. The molecule has 1 aliphatic rings. The van der Waals surface area contributed by atoms with Gasteiger partial charge in [0.05, 0.1) is 18.3 Å². The number of nitrogens with zero attached hydrogens (tertiary/aromatic N) is 4. The summed E-state index contributed by atoms with van der Waals surface area (Å²) in [7, 11) is 1.65. The lowest BCUT2D eigenvalue weighted by Crippen LogP contribution is -2.49. The smallest absolute Gasteiger partial charge is 0.265 e. The van der Waals surface area contributed by atoms with E-state index in [0.29, 0.717) is 13.1 Å². The van der Waals surface area contributed by atoms with Gasteiger partial charge in [-0.05, 0) is 13.0 Å². The highest BCUT2D eigenvalue weighted by molar-refractivity contribution is 7.11. The monoisotopic (exact) mass is 318 g/mol. The van der Waals surface area contributed by atoms with Crippen molar-refractivity contribution in [3.63, 3.8) is 0 Å². The minimum absolute atomic E-state index is 0.0817. The Labute approximate surface area is 133 Å². The number of amides is 1. The van der Waals surface area contributed by atoms with Gasteiger partial charge in [-0.25, -0.2) is 9.97 Å². The summed E-state index contributed by atoms with van der Waals surface area (Å²) in [6.45, 7) is 4.79. The van der Waals surface area contributed by atoms with Crippen molar-refractivity contribution in [1.82, 2.24) is 14.9 Å². The third-order valence-electron chi connectivity index (χ3n) is 3.78. The number of anilines is 1. The third-order valence-corrected chi connectivity index (χ3v) is 4.70. The van der Waals surface area contributed by atoms with Crippen molar-refractivity contribution < 1.29 is 9.53 Å². The summed E-state index contributed by atoms with van der Waals surface area (Å²) in [5.41, 5.74) is 2.53. The van der Waals surface area contributed by atoms with E-state index < -0.39 is 0 Å². The Kier molecular flexibility index (Phi) is 4.24. The van der Waals surface area contributed by atoms with Crippen molar-refractivity contribution in [2.75, 3.05) is 38.2 Å². The first-order valence-electron chi connectivity index (χ1n) is 7.13. The molecule has 0 spiro atoms. The van der Waals surface area contributed by atoms with Gasteiger partial charge in [-0.3, -0.25) is 4.79 Å². The summed E-state index contributed by atoms with van der Waals surface area (Å²) in [4.78, 5) is 25.8. The van der Waals surface area contributed by atoms with Gasteiger partial charge < -0.3 is 14.5 Å². The van der Waals surface area contributed by atoms with Crippen molar-refractivity contribution in [1.29, 1.82) is 0 Å². The zero-order valence-corrected chi connectivity index (χ0v) is 13.5. The Morgan fingerprint density at radius 3 is 2.68 bits per heavy atom. The second-order valence-electron chi connectivity index (χ2n) is 5.10. The quantitative estimate of drug-likeness (QED) is 0.864. The lowest BCUT2D eigenvalue weighted by atomic mass is 10.2. The van der Waals surface area contributed by atoms with Gasteiger partial charge in [0.25, 0.3) is 5.91 Å². The fraction of sp³-hybridized carbons (Fsp3) is 0.400. The fourth-order valence-corrected chi connectivity index (χ4v) is 3.26. The Hall–Kier alpha value is -2.15. The summed E-state index contributed by atoms with van der Waals surface area (Å²) in [5, 5.41) is 0. The molecule has 1 amide bonds. The van der Waals surface area contributed by atoms with Gasteiger partial charge in [-0.15, -0.1) is 11.3 Å². The molecule has 0 atom stereocenters. The molecule has 22 heavy (non-hydrogen) atoms. The highest BCUT2D eigenvalue weighted by Crippen LogP contribution is 2.21. The second kappa shape index (κ2) is 6.31. The number of hydrogen-bond donors (Lipinski definition) is 0. The summed E-state index contributed by atoms with van der Waals surface area (Å²) < 4.78 is 5.23. The lowest BCUT2D eigenvalue weighted by Gasteiger charge is -2.35. The van der Waals surface area contributed by atoms with E-state index in [9.17, 15) is 4.79 Å². The number of pyridine rings is 1. The summed E-state index contributed by atoms with van der Waals surface area (Å²) in [6, 6.07) is 3.75. The van der Waals surface area contributed by atoms with Gasteiger partial charge >= 0.3 is 0 Å². The maximum absolute atomic E-state index is 12.5. The van der Waals surface area contributed by atoms with Crippen LogP contribution in [0.1, 0.15) is 15.4 Å². The number of aryl methyl sites for hydroxylation is 1. The maximum atomic E-state index is 12.5. The standard InChI is InChI=1S/C15H18N4O2S/c1-11-14(22-10-17-11)15(20)19-7-5-18(6-8-19)13-9-12(21-2)3-4-16-13/h3-4,9-10H,5-8H2,1-2H3. The summed E-state index contributed by atoms with van der Waals surface area (Å²) >= 11 is 1.41. The molecule has 0 unspecified atom stereocenters. The number of rotatable bonds is 3. The molecule has 3 rings (SSSR count). The number of thiazole rings is 1. The Morgan fingerprint density at radius 2 is 2.05 bits per heavy atom. The van der Waals surface area contributed by atoms with Gasteiger partial charge in [0.2, 0.25) is 0 Å². The van der Waals surface area contributed by atoms with Crippen LogP contribution >= 0.6 is 11.3 Å². The largest absolute Gasteiger partial charge is 0.497 e. The predicted octanol–water partition coefficient (Wildman–Crippen LogP) is 1.82. The molecule has 2 aromatic heterocycles. The maximum Gasteiger partial charge on any atom is 0.265 e. The SMILES string of the molecule is COc1ccnc(N2CCN(C(=O)c3scnc3C)CC2)c1. The molecule has 1 aliphatic heterocycles. The van der Waals surface area contributed by atoms with Crippen LogP contribution in [0.2, 0.25) is 0 Å². The molecule has 3 heterocycles. The van der Waals surface area contributed by atoms with E-state index in [2.05, 4.69) is 14.9 Å². The first kappa shape index (κ1) is 14.8. The Balaban J connectivity index is 1.65. The lowest BCUT2D eigenvalue weighted by molar-refractivity contribution is 0.0750. The summed E-state index contributed by atoms with van der Waals surface area (Å²) in [5.74, 6) is 1.77. The number of aromatic nitrogens is 2. The Morgan fingerprint density at radius 1 is 1.27 bits per heavy atom. The van der Waals surface area contributed by atoms with Crippen molar-refractivity contribution in [2.24, 2.45) is 0 Å². The van der Waals surface area contributed by atoms with Crippen LogP contribution in [-0.4, -0.2) is 54.1 Å². The van der Waals surface area contributed by atoms with E-state index in [1.807, 2.05) is 24.0 Å². The normalized spacial score (nSPS) is 15.0. The number of ether oxygens (including phenoxy) is 1. The van der Waals surface area contributed by atoms with Gasteiger partial charge in [-0.1, -0.05) is 0 Å². The van der Waals surface area contributed by atoms with Crippen molar-refractivity contribution in [2.45, 2.75) is 6.92 Å². The highest BCUT2D eigenvalue weighted by Gasteiger charge is 2.25. The van der Waals surface area contributed by atoms with Crippen LogP contribution in [0.3, 0.4) is 0 Å². The minimum atomic E-state index is 0.0817. The van der Waals surface area contributed by atoms with E-state index in [4.69, 9.17) is 4.74 Å². The molecule has 1 saturated heterocycles. The zero-order chi connectivity index (χ0) is 15.5. The van der Waals surface area contributed by atoms with Crippen LogP contribution in [0.15, 0.2) is 23.8 Å². The van der Waals surface area contributed by atoms with Crippen molar-refractivity contribution in [3.05, 3.63) is 34.4 Å². The highest BCUT2D eigenvalue weighted by atomic mass is 32.1. The van der Waals surface area contributed by atoms with Crippen LogP contribution in [0.4, 0.5) is 5.82 Å². The van der Waals surface area contributed by atoms with E-state index in [1.165, 1.54) is 11.3 Å². The molecule has 0 bridgehead atoms. The van der Waals surface area contributed by atoms with E-state index in [0.717, 1.165) is 35.2 Å². The van der Waals surface area contributed by atoms with Gasteiger partial charge in [-0.2, -0.15) is 0 Å². The first-order valence-corrected chi connectivity index (χ1v) is 8.01. The Bertz CT molecular complexity index is 665. The van der Waals surface area contributed by atoms with E-state index in [1.54, 1.807) is 18.8 Å². The molecule has 7 heteroatoms.